The average molecular weight is 423 g/mol. The van der Waals surface area contributed by atoms with Gasteiger partial charge in [0.2, 0.25) is 0 Å². The molecule has 0 N–H and O–H groups in total. The summed E-state index contributed by atoms with van der Waals surface area (Å²) in [5.41, 5.74) is 0.305. The van der Waals surface area contributed by atoms with E-state index in [1.807, 2.05) is 6.08 Å². The van der Waals surface area contributed by atoms with Crippen molar-refractivity contribution in [1.82, 2.24) is 0 Å². The van der Waals surface area contributed by atoms with Crippen molar-refractivity contribution in [3.8, 4) is 0 Å². The van der Waals surface area contributed by atoms with Crippen molar-refractivity contribution in [2.45, 2.75) is 109 Å². The molecule has 0 heterocycles. The van der Waals surface area contributed by atoms with Crippen LogP contribution in [-0.2, 0) is 18.8 Å². The zero-order chi connectivity index (χ0) is 21.8. The molecule has 0 aromatic heterocycles. The summed E-state index contributed by atoms with van der Waals surface area (Å²) in [5.74, 6) is -0.0520. The van der Waals surface area contributed by atoms with E-state index in [1.54, 1.807) is 6.08 Å². The number of ether oxygens (including phenoxy) is 1. The van der Waals surface area contributed by atoms with Gasteiger partial charge >= 0.3 is 5.97 Å². The van der Waals surface area contributed by atoms with Crippen LogP contribution in [0.1, 0.15) is 84.0 Å². The van der Waals surface area contributed by atoms with Crippen molar-refractivity contribution in [2.75, 3.05) is 7.11 Å². The van der Waals surface area contributed by atoms with Crippen LogP contribution in [0.2, 0.25) is 19.6 Å². The maximum absolute atomic E-state index is 12.6. The molecular formula is C24H42O4Si. The third kappa shape index (κ3) is 9.90. The second kappa shape index (κ2) is 13.2. The topological polar surface area (TPSA) is 52.6 Å². The normalized spacial score (nSPS) is 20.6. The Morgan fingerprint density at radius 2 is 1.69 bits per heavy atom. The Morgan fingerprint density at radius 3 is 2.34 bits per heavy atom. The van der Waals surface area contributed by atoms with Crippen molar-refractivity contribution < 1.29 is 18.8 Å². The van der Waals surface area contributed by atoms with Crippen LogP contribution in [0.3, 0.4) is 0 Å². The lowest BCUT2D eigenvalue weighted by atomic mass is 9.89. The van der Waals surface area contributed by atoms with E-state index < -0.39 is 13.9 Å². The van der Waals surface area contributed by atoms with Crippen LogP contribution in [0.4, 0.5) is 0 Å². The Balaban J connectivity index is 2.68. The average Bonchev–Trinajstić information content (AvgIpc) is 2.95. The zero-order valence-electron chi connectivity index (χ0n) is 19.4. The summed E-state index contributed by atoms with van der Waals surface area (Å²) in [7, 11) is -0.396. The first-order chi connectivity index (χ1) is 13.7. The standard InChI is InChI=1S/C24H42O4Si/c1-6-7-8-9-12-15-19-24(28-29(3,4)5)20-18-22(25)21(24)16-13-10-11-14-17-23(26)27-2/h16,18,20H,6-15,17,19H2,1-5H3/b21-16+/t24-/m1/s1. The highest BCUT2D eigenvalue weighted by Gasteiger charge is 2.42. The number of carbonyl (C=O) groups excluding carboxylic acids is 2. The first kappa shape index (κ1) is 25.8. The molecule has 0 radical (unpaired) electrons. The molecule has 0 aromatic rings. The summed E-state index contributed by atoms with van der Waals surface area (Å²) in [4.78, 5) is 23.8. The Bertz CT molecular complexity index is 574. The van der Waals surface area contributed by atoms with Crippen LogP contribution < -0.4 is 0 Å². The van der Waals surface area contributed by atoms with Crippen molar-refractivity contribution in [1.29, 1.82) is 0 Å². The quantitative estimate of drug-likeness (QED) is 0.130. The first-order valence-electron chi connectivity index (χ1n) is 11.5. The lowest BCUT2D eigenvalue weighted by molar-refractivity contribution is -0.140. The number of methoxy groups -OCH3 is 1. The number of unbranched alkanes of at least 4 members (excludes halogenated alkanes) is 8. The Labute approximate surface area is 179 Å². The van der Waals surface area contributed by atoms with Gasteiger partial charge in [0.05, 0.1) is 7.11 Å². The molecule has 166 valence electrons. The minimum absolute atomic E-state index is 0.101. The third-order valence-corrected chi connectivity index (χ3v) is 6.25. The summed E-state index contributed by atoms with van der Waals surface area (Å²) in [6, 6.07) is 0. The fraction of sp³-hybridized carbons (Fsp3) is 0.750. The summed E-state index contributed by atoms with van der Waals surface area (Å²) in [6.45, 7) is 8.81. The van der Waals surface area contributed by atoms with E-state index in [-0.39, 0.29) is 11.8 Å². The van der Waals surface area contributed by atoms with Crippen molar-refractivity contribution in [3.63, 3.8) is 0 Å². The molecule has 5 heteroatoms. The minimum Gasteiger partial charge on any atom is -0.469 e. The SMILES string of the molecule is CCCCCCCC[C@@]1(O[Si](C)(C)C)C=CC(=O)/C1=C\CCCCCC(=O)OC. The fourth-order valence-electron chi connectivity index (χ4n) is 3.88. The first-order valence-corrected chi connectivity index (χ1v) is 14.9. The predicted octanol–water partition coefficient (Wildman–Crippen LogP) is 6.52. The van der Waals surface area contributed by atoms with Gasteiger partial charge < -0.3 is 9.16 Å². The molecular weight excluding hydrogens is 380 g/mol. The third-order valence-electron chi connectivity index (χ3n) is 5.28. The number of rotatable bonds is 15. The van der Waals surface area contributed by atoms with Crippen LogP contribution >= 0.6 is 0 Å². The molecule has 0 aliphatic heterocycles. The predicted molar refractivity (Wildman–Crippen MR) is 122 cm³/mol. The molecule has 0 fully saturated rings. The Hall–Kier alpha value is -1.20. The number of carbonyl (C=O) groups is 2. The fourth-order valence-corrected chi connectivity index (χ4v) is 5.26. The van der Waals surface area contributed by atoms with Gasteiger partial charge in [0, 0.05) is 12.0 Å². The number of allylic oxidation sites excluding steroid dienone is 2. The zero-order valence-corrected chi connectivity index (χ0v) is 20.4. The number of esters is 1. The molecule has 0 saturated carbocycles. The van der Waals surface area contributed by atoms with E-state index in [2.05, 4.69) is 37.4 Å². The van der Waals surface area contributed by atoms with Crippen LogP contribution in [0.5, 0.6) is 0 Å². The van der Waals surface area contributed by atoms with Gasteiger partial charge in [-0.3, -0.25) is 9.59 Å². The number of hydrogen-bond donors (Lipinski definition) is 0. The van der Waals surface area contributed by atoms with Crippen LogP contribution in [0.25, 0.3) is 0 Å². The van der Waals surface area contributed by atoms with E-state index in [1.165, 1.54) is 39.2 Å². The molecule has 29 heavy (non-hydrogen) atoms. The lowest BCUT2D eigenvalue weighted by Gasteiger charge is -2.36. The van der Waals surface area contributed by atoms with Crippen molar-refractivity contribution in [2.24, 2.45) is 0 Å². The lowest BCUT2D eigenvalue weighted by Crippen LogP contribution is -2.42. The summed E-state index contributed by atoms with van der Waals surface area (Å²) in [6.07, 6.45) is 18.2. The molecule has 0 bridgehead atoms. The van der Waals surface area contributed by atoms with Gasteiger partial charge in [-0.15, -0.1) is 0 Å². The molecule has 1 aliphatic rings. The van der Waals surface area contributed by atoms with Crippen LogP contribution in [0.15, 0.2) is 23.8 Å². The molecule has 1 aliphatic carbocycles. The molecule has 0 spiro atoms. The maximum atomic E-state index is 12.6. The molecule has 0 amide bonds. The molecule has 1 atom stereocenters. The van der Waals surface area contributed by atoms with Crippen molar-refractivity contribution >= 4 is 20.1 Å². The van der Waals surface area contributed by atoms with Gasteiger partial charge in [-0.05, 0) is 63.9 Å². The van der Waals surface area contributed by atoms with Gasteiger partial charge in [-0.1, -0.05) is 51.5 Å². The van der Waals surface area contributed by atoms with Gasteiger partial charge in [-0.25, -0.2) is 0 Å². The maximum Gasteiger partial charge on any atom is 0.305 e. The smallest absolute Gasteiger partial charge is 0.305 e. The van der Waals surface area contributed by atoms with E-state index in [4.69, 9.17) is 4.43 Å². The van der Waals surface area contributed by atoms with Crippen molar-refractivity contribution in [3.05, 3.63) is 23.8 Å². The van der Waals surface area contributed by atoms with Gasteiger partial charge in [-0.2, -0.15) is 0 Å². The molecule has 0 saturated heterocycles. The molecule has 4 nitrogen and oxygen atoms in total. The molecule has 1 rings (SSSR count). The highest BCUT2D eigenvalue weighted by Crippen LogP contribution is 2.38. The van der Waals surface area contributed by atoms with E-state index >= 15 is 0 Å². The number of hydrogen-bond acceptors (Lipinski definition) is 4. The molecule has 0 unspecified atom stereocenters. The highest BCUT2D eigenvalue weighted by molar-refractivity contribution is 6.70. The Kier molecular flexibility index (Phi) is 11.7. The van der Waals surface area contributed by atoms with E-state index in [9.17, 15) is 9.59 Å². The Morgan fingerprint density at radius 1 is 1.03 bits per heavy atom. The monoisotopic (exact) mass is 422 g/mol. The summed E-state index contributed by atoms with van der Waals surface area (Å²) < 4.78 is 11.3. The second-order valence-electron chi connectivity index (χ2n) is 9.11. The largest absolute Gasteiger partial charge is 0.469 e. The van der Waals surface area contributed by atoms with Gasteiger partial charge in [0.25, 0.3) is 0 Å². The van der Waals surface area contributed by atoms with Gasteiger partial charge in [0.1, 0.15) is 5.60 Å². The highest BCUT2D eigenvalue weighted by atomic mass is 28.4. The van der Waals surface area contributed by atoms with Crippen LogP contribution in [-0.4, -0.2) is 32.8 Å². The summed E-state index contributed by atoms with van der Waals surface area (Å²) >= 11 is 0. The van der Waals surface area contributed by atoms with E-state index in [0.717, 1.165) is 44.1 Å². The summed E-state index contributed by atoms with van der Waals surface area (Å²) in [5, 5.41) is 0. The molecule has 0 aromatic carbocycles. The second-order valence-corrected chi connectivity index (χ2v) is 13.5. The van der Waals surface area contributed by atoms with Gasteiger partial charge in [0.15, 0.2) is 14.1 Å². The number of ketones is 1. The minimum atomic E-state index is -1.82. The van der Waals surface area contributed by atoms with Crippen LogP contribution in [0, 0.1) is 0 Å². The van der Waals surface area contributed by atoms with E-state index in [0.29, 0.717) is 6.42 Å².